The smallest absolute Gasteiger partial charge is 0.243 e. The number of likely N-dealkylation sites (N-methyl/N-ethyl adjacent to an activating group) is 1. The predicted molar refractivity (Wildman–Crippen MR) is 102 cm³/mol. The van der Waals surface area contributed by atoms with Crippen molar-refractivity contribution in [2.24, 2.45) is 0 Å². The fourth-order valence-corrected chi connectivity index (χ4v) is 5.02. The molecule has 9 heteroatoms. The number of halogens is 1. The number of amides is 1. The van der Waals surface area contributed by atoms with Crippen molar-refractivity contribution in [3.63, 3.8) is 0 Å². The lowest BCUT2D eigenvalue weighted by Crippen LogP contribution is -2.51. The zero-order valence-electron chi connectivity index (χ0n) is 15.0. The molecule has 1 aromatic heterocycles. The number of hydrogen-bond acceptors (Lipinski definition) is 5. The maximum atomic E-state index is 13.0. The van der Waals surface area contributed by atoms with Crippen molar-refractivity contribution in [1.29, 1.82) is 0 Å². The van der Waals surface area contributed by atoms with Crippen LogP contribution in [0.5, 0.6) is 0 Å². The van der Waals surface area contributed by atoms with Gasteiger partial charge in [-0.1, -0.05) is 0 Å². The fourth-order valence-electron chi connectivity index (χ4n) is 2.94. The molecule has 3 rings (SSSR count). The minimum atomic E-state index is -3.64. The highest BCUT2D eigenvalue weighted by molar-refractivity contribution is 7.89. The van der Waals surface area contributed by atoms with Crippen LogP contribution in [0.4, 0.5) is 4.39 Å². The summed E-state index contributed by atoms with van der Waals surface area (Å²) < 4.78 is 39.7. The van der Waals surface area contributed by atoms with Gasteiger partial charge in [-0.2, -0.15) is 15.6 Å². The quantitative estimate of drug-likeness (QED) is 0.728. The number of benzene rings is 1. The molecule has 6 nitrogen and oxygen atoms in total. The molecular formula is C18H22FN3O3S2. The Hall–Kier alpha value is -1.81. The normalized spacial score (nSPS) is 16.4. The second-order valence-electron chi connectivity index (χ2n) is 6.52. The summed E-state index contributed by atoms with van der Waals surface area (Å²) in [4.78, 5) is 16.1. The first-order chi connectivity index (χ1) is 12.9. The maximum absolute atomic E-state index is 13.0. The molecule has 0 aliphatic carbocycles. The van der Waals surface area contributed by atoms with E-state index in [4.69, 9.17) is 0 Å². The van der Waals surface area contributed by atoms with E-state index >= 15 is 0 Å². The highest BCUT2D eigenvalue weighted by Gasteiger charge is 2.29. The van der Waals surface area contributed by atoms with E-state index in [1.165, 1.54) is 16.4 Å². The van der Waals surface area contributed by atoms with Crippen LogP contribution in [0.25, 0.3) is 0 Å². The fraction of sp³-hybridized carbons (Fsp3) is 0.389. The van der Waals surface area contributed by atoms with E-state index < -0.39 is 15.8 Å². The molecule has 0 radical (unpaired) electrons. The topological polar surface area (TPSA) is 60.9 Å². The highest BCUT2D eigenvalue weighted by atomic mass is 32.2. The minimum Gasteiger partial charge on any atom is -0.340 e. The van der Waals surface area contributed by atoms with E-state index in [1.54, 1.807) is 23.3 Å². The molecule has 0 saturated carbocycles. The Labute approximate surface area is 162 Å². The molecule has 0 unspecified atom stereocenters. The van der Waals surface area contributed by atoms with Gasteiger partial charge in [-0.05, 0) is 46.7 Å². The first-order valence-corrected chi connectivity index (χ1v) is 11.0. The van der Waals surface area contributed by atoms with Gasteiger partial charge in [0.25, 0.3) is 0 Å². The van der Waals surface area contributed by atoms with Crippen molar-refractivity contribution in [2.45, 2.75) is 11.4 Å². The van der Waals surface area contributed by atoms with Gasteiger partial charge in [0.15, 0.2) is 0 Å². The number of hydrogen-bond donors (Lipinski definition) is 0. The summed E-state index contributed by atoms with van der Waals surface area (Å²) in [6.45, 7) is 2.42. The average Bonchev–Trinajstić information content (AvgIpc) is 3.15. The van der Waals surface area contributed by atoms with E-state index in [0.29, 0.717) is 32.7 Å². The molecule has 1 aliphatic heterocycles. The summed E-state index contributed by atoms with van der Waals surface area (Å²) in [5, 5.41) is 4.00. The van der Waals surface area contributed by atoms with Crippen LogP contribution in [0.15, 0.2) is 46.0 Å². The van der Waals surface area contributed by atoms with Gasteiger partial charge in [0.05, 0.1) is 11.4 Å². The second-order valence-corrected chi connectivity index (χ2v) is 9.23. The Bertz CT molecular complexity index is 862. The van der Waals surface area contributed by atoms with Crippen LogP contribution in [0.1, 0.15) is 5.56 Å². The molecule has 1 aromatic carbocycles. The zero-order valence-corrected chi connectivity index (χ0v) is 16.7. The number of thiophene rings is 1. The van der Waals surface area contributed by atoms with Crippen LogP contribution in [-0.4, -0.2) is 68.2 Å². The Kier molecular flexibility index (Phi) is 6.25. The van der Waals surface area contributed by atoms with Gasteiger partial charge < -0.3 is 4.90 Å². The Morgan fingerprint density at radius 2 is 1.81 bits per heavy atom. The third-order valence-electron chi connectivity index (χ3n) is 4.57. The van der Waals surface area contributed by atoms with Gasteiger partial charge in [-0.25, -0.2) is 12.8 Å². The van der Waals surface area contributed by atoms with Crippen LogP contribution in [-0.2, 0) is 21.4 Å². The molecule has 27 heavy (non-hydrogen) atoms. The predicted octanol–water partition coefficient (Wildman–Crippen LogP) is 1.85. The molecular weight excluding hydrogens is 389 g/mol. The summed E-state index contributed by atoms with van der Waals surface area (Å²) in [6.07, 6.45) is 0. The average molecular weight is 412 g/mol. The molecule has 146 valence electrons. The minimum absolute atomic E-state index is 0.0102. The van der Waals surface area contributed by atoms with Crippen LogP contribution in [0.3, 0.4) is 0 Å². The van der Waals surface area contributed by atoms with Crippen molar-refractivity contribution in [3.8, 4) is 0 Å². The monoisotopic (exact) mass is 411 g/mol. The molecule has 1 amide bonds. The van der Waals surface area contributed by atoms with Gasteiger partial charge in [0, 0.05) is 39.8 Å². The SMILES string of the molecule is CN(Cc1ccsc1)C(=O)CN1CCN(S(=O)(=O)c2ccc(F)cc2)CC1. The summed E-state index contributed by atoms with van der Waals surface area (Å²) in [5.41, 5.74) is 1.10. The first-order valence-electron chi connectivity index (χ1n) is 8.59. The zero-order chi connectivity index (χ0) is 19.4. The van der Waals surface area contributed by atoms with Crippen LogP contribution in [0.2, 0.25) is 0 Å². The van der Waals surface area contributed by atoms with Crippen molar-refractivity contribution >= 4 is 27.3 Å². The molecule has 0 N–H and O–H groups in total. The van der Waals surface area contributed by atoms with Crippen molar-refractivity contribution in [1.82, 2.24) is 14.1 Å². The number of nitrogens with zero attached hydrogens (tertiary/aromatic N) is 3. The molecule has 0 atom stereocenters. The van der Waals surface area contributed by atoms with E-state index in [1.807, 2.05) is 21.7 Å². The van der Waals surface area contributed by atoms with E-state index in [2.05, 4.69) is 0 Å². The van der Waals surface area contributed by atoms with Gasteiger partial charge in [0.2, 0.25) is 15.9 Å². The lowest BCUT2D eigenvalue weighted by Gasteiger charge is -2.34. The summed E-state index contributed by atoms with van der Waals surface area (Å²) >= 11 is 1.60. The van der Waals surface area contributed by atoms with Gasteiger partial charge in [-0.15, -0.1) is 0 Å². The summed E-state index contributed by atoms with van der Waals surface area (Å²) in [5.74, 6) is -0.458. The molecule has 2 heterocycles. The summed E-state index contributed by atoms with van der Waals surface area (Å²) in [7, 11) is -1.86. The van der Waals surface area contributed by atoms with Crippen LogP contribution < -0.4 is 0 Å². The number of piperazine rings is 1. The van der Waals surface area contributed by atoms with E-state index in [-0.39, 0.29) is 17.3 Å². The number of sulfonamides is 1. The Morgan fingerprint density at radius 1 is 1.15 bits per heavy atom. The second kappa shape index (κ2) is 8.47. The standard InChI is InChI=1S/C18H22FN3O3S2/c1-20(12-15-6-11-26-14-15)18(23)13-21-7-9-22(10-8-21)27(24,25)17-4-2-16(19)3-5-17/h2-6,11,14H,7-10,12-13H2,1H3. The van der Waals surface area contributed by atoms with Crippen molar-refractivity contribution in [2.75, 3.05) is 39.8 Å². The molecule has 1 aliphatic rings. The third kappa shape index (κ3) is 4.92. The molecule has 0 spiro atoms. The van der Waals surface area contributed by atoms with E-state index in [9.17, 15) is 17.6 Å². The lowest BCUT2D eigenvalue weighted by atomic mass is 10.3. The molecule has 0 bridgehead atoms. The number of rotatable bonds is 6. The largest absolute Gasteiger partial charge is 0.340 e. The number of carbonyl (C=O) groups is 1. The van der Waals surface area contributed by atoms with Crippen LogP contribution in [0, 0.1) is 5.82 Å². The number of carbonyl (C=O) groups excluding carboxylic acids is 1. The maximum Gasteiger partial charge on any atom is 0.243 e. The van der Waals surface area contributed by atoms with Crippen molar-refractivity contribution in [3.05, 3.63) is 52.5 Å². The van der Waals surface area contributed by atoms with Gasteiger partial charge in [0.1, 0.15) is 5.82 Å². The lowest BCUT2D eigenvalue weighted by molar-refractivity contribution is -0.131. The molecule has 1 fully saturated rings. The van der Waals surface area contributed by atoms with Gasteiger partial charge in [-0.3, -0.25) is 9.69 Å². The molecule has 2 aromatic rings. The Balaban J connectivity index is 1.52. The third-order valence-corrected chi connectivity index (χ3v) is 7.21. The molecule has 1 saturated heterocycles. The summed E-state index contributed by atoms with van der Waals surface area (Å²) in [6, 6.07) is 6.84. The van der Waals surface area contributed by atoms with Crippen LogP contribution >= 0.6 is 11.3 Å². The van der Waals surface area contributed by atoms with E-state index in [0.717, 1.165) is 17.7 Å². The Morgan fingerprint density at radius 3 is 2.41 bits per heavy atom. The van der Waals surface area contributed by atoms with Gasteiger partial charge >= 0.3 is 0 Å². The highest BCUT2D eigenvalue weighted by Crippen LogP contribution is 2.18. The van der Waals surface area contributed by atoms with Crippen molar-refractivity contribution < 1.29 is 17.6 Å². The first kappa shape index (κ1) is 19.9.